The summed E-state index contributed by atoms with van der Waals surface area (Å²) < 4.78 is 17.3. The van der Waals surface area contributed by atoms with Crippen molar-refractivity contribution in [1.82, 2.24) is 0 Å². The minimum Gasteiger partial charge on any atom is -0.462 e. The highest BCUT2D eigenvalue weighted by molar-refractivity contribution is 5.71. The zero-order valence-electron chi connectivity index (χ0n) is 42.1. The molecule has 0 aliphatic heterocycles. The van der Waals surface area contributed by atoms with E-state index in [-0.39, 0.29) is 31.6 Å². The Morgan fingerprint density at radius 2 is 0.682 bits per heavy atom. The van der Waals surface area contributed by atoms with Gasteiger partial charge in [-0.1, -0.05) is 211 Å². The second-order valence-corrected chi connectivity index (χ2v) is 16.3. The summed E-state index contributed by atoms with van der Waals surface area (Å²) in [6, 6.07) is 0. The molecule has 0 aromatic rings. The molecule has 0 aromatic carbocycles. The third kappa shape index (κ3) is 52.1. The van der Waals surface area contributed by atoms with Crippen molar-refractivity contribution < 1.29 is 23.8 Å². The standard InChI is InChI=1S/C61H94O5/c1-4-7-10-13-16-19-22-25-28-30-31-32-34-36-39-42-45-48-51-54-60(62)65-58-59(57-64-56-53-50-47-44-41-38-35-29-26-23-20-17-14-11-8-5-2)66-61(63)55-52-49-46-43-40-37-33-27-24-21-18-15-12-9-6-3/h7-12,16-21,25-29,31-33,38,40-41,43,49,52,59H,4-6,13-15,22-24,30,34-37,39,42,44-48,50-51,53-58H2,1-3H3/b10-7-,11-8-,12-9-,19-16-,20-17-,21-18-,28-25-,29-26-,32-31-,33-27-,41-38-,43-40-,52-49-. The van der Waals surface area contributed by atoms with E-state index in [1.165, 1.54) is 19.3 Å². The second-order valence-electron chi connectivity index (χ2n) is 16.3. The van der Waals surface area contributed by atoms with Crippen molar-refractivity contribution in [2.45, 2.75) is 194 Å². The number of unbranched alkanes of at least 4 members (excludes halogenated alkanes) is 9. The Labute approximate surface area is 405 Å². The van der Waals surface area contributed by atoms with E-state index in [9.17, 15) is 9.59 Å². The quantitative estimate of drug-likeness (QED) is 0.0346. The van der Waals surface area contributed by atoms with Crippen LogP contribution in [0.4, 0.5) is 0 Å². The minimum absolute atomic E-state index is 0.0133. The van der Waals surface area contributed by atoms with Gasteiger partial charge < -0.3 is 14.2 Å². The van der Waals surface area contributed by atoms with Crippen LogP contribution in [0.5, 0.6) is 0 Å². The lowest BCUT2D eigenvalue weighted by atomic mass is 10.1. The molecule has 0 saturated carbocycles. The summed E-state index contributed by atoms with van der Waals surface area (Å²) in [5.74, 6) is -0.593. The molecule has 5 heteroatoms. The molecule has 0 saturated heterocycles. The number of hydrogen-bond donors (Lipinski definition) is 0. The predicted molar refractivity (Wildman–Crippen MR) is 288 cm³/mol. The molecular formula is C61H94O5. The maximum absolute atomic E-state index is 12.8. The van der Waals surface area contributed by atoms with Crippen molar-refractivity contribution in [2.75, 3.05) is 19.8 Å². The van der Waals surface area contributed by atoms with Gasteiger partial charge in [0.1, 0.15) is 6.61 Å². The van der Waals surface area contributed by atoms with Crippen molar-refractivity contribution in [3.8, 4) is 0 Å². The lowest BCUT2D eigenvalue weighted by Crippen LogP contribution is -2.29. The highest BCUT2D eigenvalue weighted by Gasteiger charge is 2.17. The van der Waals surface area contributed by atoms with Gasteiger partial charge in [0, 0.05) is 13.0 Å². The van der Waals surface area contributed by atoms with Crippen LogP contribution in [0.2, 0.25) is 0 Å². The molecular weight excluding hydrogens is 813 g/mol. The van der Waals surface area contributed by atoms with Crippen LogP contribution in [0.25, 0.3) is 0 Å². The van der Waals surface area contributed by atoms with E-state index in [2.05, 4.69) is 167 Å². The molecule has 0 aromatic heterocycles. The maximum atomic E-state index is 12.8. The summed E-state index contributed by atoms with van der Waals surface area (Å²) in [5.41, 5.74) is 0. The second kappa shape index (κ2) is 54.9. The molecule has 1 atom stereocenters. The lowest BCUT2D eigenvalue weighted by Gasteiger charge is -2.18. The van der Waals surface area contributed by atoms with Crippen LogP contribution in [0, 0.1) is 0 Å². The minimum atomic E-state index is -0.626. The monoisotopic (exact) mass is 907 g/mol. The summed E-state index contributed by atoms with van der Waals surface area (Å²) >= 11 is 0. The van der Waals surface area contributed by atoms with Crippen LogP contribution in [0.3, 0.4) is 0 Å². The number of allylic oxidation sites excluding steroid dienone is 25. The topological polar surface area (TPSA) is 61.8 Å². The molecule has 1 unspecified atom stereocenters. The molecule has 0 fully saturated rings. The first-order valence-corrected chi connectivity index (χ1v) is 26.0. The van der Waals surface area contributed by atoms with E-state index in [1.807, 2.05) is 12.2 Å². The van der Waals surface area contributed by atoms with Gasteiger partial charge in [-0.2, -0.15) is 0 Å². The first-order valence-electron chi connectivity index (χ1n) is 26.0. The van der Waals surface area contributed by atoms with Gasteiger partial charge in [-0.25, -0.2) is 0 Å². The van der Waals surface area contributed by atoms with Crippen LogP contribution < -0.4 is 0 Å². The summed E-state index contributed by atoms with van der Waals surface area (Å²) in [6.07, 6.45) is 81.4. The van der Waals surface area contributed by atoms with Crippen LogP contribution in [0.1, 0.15) is 188 Å². The number of rotatable bonds is 45. The molecule has 0 amide bonds. The molecule has 0 aliphatic carbocycles. The first kappa shape index (κ1) is 61.5. The van der Waals surface area contributed by atoms with Crippen LogP contribution >= 0.6 is 0 Å². The Bertz CT molecular complexity index is 1490. The fourth-order valence-electron chi connectivity index (χ4n) is 6.33. The van der Waals surface area contributed by atoms with Gasteiger partial charge in [0.15, 0.2) is 6.10 Å². The number of ether oxygens (including phenoxy) is 3. The van der Waals surface area contributed by atoms with Crippen molar-refractivity contribution in [2.24, 2.45) is 0 Å². The SMILES string of the molecule is CC/C=C\C/C=C\C/C=C\C/C=C\C/C=C\CC(=O)OC(COCCCCC/C=C\C/C=C\C/C=C\C/C=C\CC)COC(=O)CCCCCCCC/C=C\C/C=C\C/C=C\C/C=C\CC. The normalized spacial score (nSPS) is 13.6. The molecule has 368 valence electrons. The van der Waals surface area contributed by atoms with Crippen molar-refractivity contribution in [1.29, 1.82) is 0 Å². The fraction of sp³-hybridized carbons (Fsp3) is 0.541. The van der Waals surface area contributed by atoms with Gasteiger partial charge in [0.2, 0.25) is 0 Å². The fourth-order valence-corrected chi connectivity index (χ4v) is 6.33. The van der Waals surface area contributed by atoms with Crippen molar-refractivity contribution >= 4 is 11.9 Å². The van der Waals surface area contributed by atoms with Gasteiger partial charge in [0.05, 0.1) is 13.0 Å². The van der Waals surface area contributed by atoms with E-state index in [1.54, 1.807) is 0 Å². The number of carbonyl (C=O) groups is 2. The first-order chi connectivity index (χ1) is 32.6. The summed E-state index contributed by atoms with van der Waals surface area (Å²) in [5, 5.41) is 0. The Hall–Kier alpha value is -4.48. The number of hydrogen-bond acceptors (Lipinski definition) is 5. The summed E-state index contributed by atoms with van der Waals surface area (Å²) in [6.45, 7) is 7.26. The number of carbonyl (C=O) groups excluding carboxylic acids is 2. The molecule has 0 rings (SSSR count). The smallest absolute Gasteiger partial charge is 0.310 e. The van der Waals surface area contributed by atoms with Gasteiger partial charge in [0.25, 0.3) is 0 Å². The van der Waals surface area contributed by atoms with Crippen LogP contribution in [0.15, 0.2) is 158 Å². The van der Waals surface area contributed by atoms with Gasteiger partial charge in [-0.3, -0.25) is 9.59 Å². The van der Waals surface area contributed by atoms with E-state index >= 15 is 0 Å². The predicted octanol–water partition coefficient (Wildman–Crippen LogP) is 17.9. The Morgan fingerprint density at radius 3 is 1.09 bits per heavy atom. The van der Waals surface area contributed by atoms with Gasteiger partial charge >= 0.3 is 11.9 Å². The van der Waals surface area contributed by atoms with E-state index in [0.717, 1.165) is 135 Å². The van der Waals surface area contributed by atoms with Crippen LogP contribution in [-0.4, -0.2) is 37.9 Å². The van der Waals surface area contributed by atoms with Gasteiger partial charge in [-0.15, -0.1) is 0 Å². The average molecular weight is 907 g/mol. The molecule has 66 heavy (non-hydrogen) atoms. The largest absolute Gasteiger partial charge is 0.462 e. The molecule has 0 aliphatic rings. The third-order valence-electron chi connectivity index (χ3n) is 10.1. The van der Waals surface area contributed by atoms with E-state index < -0.39 is 6.10 Å². The molecule has 0 bridgehead atoms. The highest BCUT2D eigenvalue weighted by Crippen LogP contribution is 2.11. The zero-order chi connectivity index (χ0) is 47.7. The number of esters is 2. The Morgan fingerprint density at radius 1 is 0.348 bits per heavy atom. The summed E-state index contributed by atoms with van der Waals surface area (Å²) in [7, 11) is 0. The molecule has 5 nitrogen and oxygen atoms in total. The van der Waals surface area contributed by atoms with Gasteiger partial charge in [-0.05, 0) is 122 Å². The Kier molecular flexibility index (Phi) is 51.1. The van der Waals surface area contributed by atoms with Crippen molar-refractivity contribution in [3.63, 3.8) is 0 Å². The highest BCUT2D eigenvalue weighted by atomic mass is 16.6. The van der Waals surface area contributed by atoms with Crippen molar-refractivity contribution in [3.05, 3.63) is 158 Å². The zero-order valence-corrected chi connectivity index (χ0v) is 42.1. The summed E-state index contributed by atoms with van der Waals surface area (Å²) in [4.78, 5) is 25.4. The maximum Gasteiger partial charge on any atom is 0.310 e. The Balaban J connectivity index is 4.50. The third-order valence-corrected chi connectivity index (χ3v) is 10.1. The van der Waals surface area contributed by atoms with Crippen LogP contribution in [-0.2, 0) is 23.8 Å². The molecule has 0 spiro atoms. The molecule has 0 radical (unpaired) electrons. The van der Waals surface area contributed by atoms with E-state index in [4.69, 9.17) is 14.2 Å². The molecule has 0 N–H and O–H groups in total. The van der Waals surface area contributed by atoms with E-state index in [0.29, 0.717) is 13.0 Å². The average Bonchev–Trinajstić information content (AvgIpc) is 3.32. The lowest BCUT2D eigenvalue weighted by molar-refractivity contribution is -0.162. The molecule has 0 heterocycles.